The van der Waals surface area contributed by atoms with E-state index < -0.39 is 0 Å². The molecule has 2 atom stereocenters. The Labute approximate surface area is 120 Å². The van der Waals surface area contributed by atoms with Gasteiger partial charge in [0, 0.05) is 13.1 Å². The zero-order valence-corrected chi connectivity index (χ0v) is 12.0. The molecule has 0 saturated carbocycles. The summed E-state index contributed by atoms with van der Waals surface area (Å²) < 4.78 is 5.14. The summed E-state index contributed by atoms with van der Waals surface area (Å²) in [6.07, 6.45) is 1.64. The van der Waals surface area contributed by atoms with Crippen LogP contribution in [0.4, 0.5) is 0 Å². The lowest BCUT2D eigenvalue weighted by molar-refractivity contribution is -0.132. The van der Waals surface area contributed by atoms with Crippen molar-refractivity contribution in [2.24, 2.45) is 11.8 Å². The minimum Gasteiger partial charge on any atom is -0.497 e. The van der Waals surface area contributed by atoms with Gasteiger partial charge in [0.25, 0.3) is 0 Å². The number of rotatable bonds is 3. The first-order chi connectivity index (χ1) is 9.76. The van der Waals surface area contributed by atoms with E-state index in [0.29, 0.717) is 12.3 Å². The first kappa shape index (κ1) is 13.4. The van der Waals surface area contributed by atoms with Gasteiger partial charge < -0.3 is 15.0 Å². The molecule has 2 saturated heterocycles. The van der Waals surface area contributed by atoms with Crippen molar-refractivity contribution in [3.05, 3.63) is 29.8 Å². The van der Waals surface area contributed by atoms with E-state index in [1.54, 1.807) is 7.11 Å². The topological polar surface area (TPSA) is 41.6 Å². The summed E-state index contributed by atoms with van der Waals surface area (Å²) in [5.41, 5.74) is 1.06. The van der Waals surface area contributed by atoms with Crippen LogP contribution in [-0.4, -0.2) is 44.1 Å². The number of nitrogens with zero attached hydrogens (tertiary/aromatic N) is 1. The first-order valence-corrected chi connectivity index (χ1v) is 7.37. The number of hydrogen-bond donors (Lipinski definition) is 1. The van der Waals surface area contributed by atoms with Crippen LogP contribution in [-0.2, 0) is 11.2 Å². The monoisotopic (exact) mass is 274 g/mol. The number of piperidine rings is 1. The molecule has 0 spiro atoms. The quantitative estimate of drug-likeness (QED) is 0.903. The Bertz CT molecular complexity index is 472. The van der Waals surface area contributed by atoms with Crippen LogP contribution in [0.25, 0.3) is 0 Å². The fourth-order valence-electron chi connectivity index (χ4n) is 3.29. The number of hydrogen-bond acceptors (Lipinski definition) is 3. The van der Waals surface area contributed by atoms with Gasteiger partial charge in [0.2, 0.25) is 5.91 Å². The van der Waals surface area contributed by atoms with Crippen molar-refractivity contribution in [3.63, 3.8) is 0 Å². The predicted octanol–water partition coefficient (Wildman–Crippen LogP) is 1.31. The third-order valence-corrected chi connectivity index (χ3v) is 4.57. The number of benzene rings is 1. The van der Waals surface area contributed by atoms with Crippen LogP contribution < -0.4 is 10.1 Å². The molecule has 20 heavy (non-hydrogen) atoms. The summed E-state index contributed by atoms with van der Waals surface area (Å²) in [6.45, 7) is 4.03. The van der Waals surface area contributed by atoms with Crippen molar-refractivity contribution in [1.29, 1.82) is 0 Å². The molecule has 0 aromatic heterocycles. The van der Waals surface area contributed by atoms with Crippen molar-refractivity contribution in [1.82, 2.24) is 10.2 Å². The molecule has 2 unspecified atom stereocenters. The maximum absolute atomic E-state index is 12.4. The van der Waals surface area contributed by atoms with Gasteiger partial charge >= 0.3 is 0 Å². The fourth-order valence-corrected chi connectivity index (χ4v) is 3.29. The maximum atomic E-state index is 12.4. The molecule has 2 aliphatic heterocycles. The molecular weight excluding hydrogens is 252 g/mol. The van der Waals surface area contributed by atoms with E-state index in [1.807, 2.05) is 29.2 Å². The van der Waals surface area contributed by atoms with Gasteiger partial charge in [0.05, 0.1) is 13.5 Å². The van der Waals surface area contributed by atoms with Crippen LogP contribution in [0.3, 0.4) is 0 Å². The predicted molar refractivity (Wildman–Crippen MR) is 77.7 cm³/mol. The standard InChI is InChI=1S/C16H22N2O2/c1-20-15-4-2-12(3-5-15)8-16(19)18-7-6-13-9-17-10-14(13)11-18/h2-5,13-14,17H,6-11H2,1H3. The average Bonchev–Trinajstić information content (AvgIpc) is 2.95. The SMILES string of the molecule is COc1ccc(CC(=O)N2CCC3CNCC3C2)cc1. The molecule has 108 valence electrons. The Kier molecular flexibility index (Phi) is 3.92. The smallest absolute Gasteiger partial charge is 0.226 e. The average molecular weight is 274 g/mol. The van der Waals surface area contributed by atoms with Gasteiger partial charge in [-0.3, -0.25) is 4.79 Å². The lowest BCUT2D eigenvalue weighted by Gasteiger charge is -2.34. The molecule has 2 fully saturated rings. The van der Waals surface area contributed by atoms with Gasteiger partial charge in [-0.2, -0.15) is 0 Å². The van der Waals surface area contributed by atoms with Crippen molar-refractivity contribution in [2.45, 2.75) is 12.8 Å². The highest BCUT2D eigenvalue weighted by atomic mass is 16.5. The van der Waals surface area contributed by atoms with Crippen LogP contribution in [0.15, 0.2) is 24.3 Å². The van der Waals surface area contributed by atoms with Crippen molar-refractivity contribution < 1.29 is 9.53 Å². The third-order valence-electron chi connectivity index (χ3n) is 4.57. The number of amides is 1. The van der Waals surface area contributed by atoms with Gasteiger partial charge in [-0.25, -0.2) is 0 Å². The first-order valence-electron chi connectivity index (χ1n) is 7.37. The molecule has 2 heterocycles. The van der Waals surface area contributed by atoms with Crippen molar-refractivity contribution in [3.8, 4) is 5.75 Å². The van der Waals surface area contributed by atoms with E-state index in [2.05, 4.69) is 5.32 Å². The minimum absolute atomic E-state index is 0.250. The lowest BCUT2D eigenvalue weighted by atomic mass is 9.88. The number of carbonyl (C=O) groups is 1. The second-order valence-electron chi connectivity index (χ2n) is 5.83. The number of likely N-dealkylation sites (tertiary alicyclic amines) is 1. The van der Waals surface area contributed by atoms with E-state index in [-0.39, 0.29) is 5.91 Å². The second kappa shape index (κ2) is 5.83. The summed E-state index contributed by atoms with van der Waals surface area (Å²) in [5, 5.41) is 3.43. The van der Waals surface area contributed by atoms with Gasteiger partial charge in [0.1, 0.15) is 5.75 Å². The van der Waals surface area contributed by atoms with Crippen LogP contribution in [0.1, 0.15) is 12.0 Å². The lowest BCUT2D eigenvalue weighted by Crippen LogP contribution is -2.44. The zero-order chi connectivity index (χ0) is 13.9. The van der Waals surface area contributed by atoms with Crippen molar-refractivity contribution >= 4 is 5.91 Å². The second-order valence-corrected chi connectivity index (χ2v) is 5.83. The molecule has 1 amide bonds. The molecule has 4 heteroatoms. The summed E-state index contributed by atoms with van der Waals surface area (Å²) in [4.78, 5) is 14.4. The molecule has 0 radical (unpaired) electrons. The molecule has 0 bridgehead atoms. The van der Waals surface area contributed by atoms with Crippen LogP contribution in [0.5, 0.6) is 5.75 Å². The number of nitrogens with one attached hydrogen (secondary N) is 1. The number of ether oxygens (including phenoxy) is 1. The Morgan fingerprint density at radius 1 is 1.30 bits per heavy atom. The summed E-state index contributed by atoms with van der Waals surface area (Å²) in [7, 11) is 1.65. The molecule has 2 aliphatic rings. The molecule has 3 rings (SSSR count). The normalized spacial score (nSPS) is 25.4. The molecule has 1 aromatic carbocycles. The zero-order valence-electron chi connectivity index (χ0n) is 12.0. The van der Waals surface area contributed by atoms with Crippen molar-refractivity contribution in [2.75, 3.05) is 33.3 Å². The Hall–Kier alpha value is -1.55. The maximum Gasteiger partial charge on any atom is 0.226 e. The van der Waals surface area contributed by atoms with Crippen LogP contribution in [0, 0.1) is 11.8 Å². The van der Waals surface area contributed by atoms with E-state index in [4.69, 9.17) is 4.74 Å². The molecule has 1 N–H and O–H groups in total. The van der Waals surface area contributed by atoms with Crippen LogP contribution >= 0.6 is 0 Å². The van der Waals surface area contributed by atoms with E-state index >= 15 is 0 Å². The van der Waals surface area contributed by atoms with Gasteiger partial charge in [-0.05, 0) is 49.0 Å². The fraction of sp³-hybridized carbons (Fsp3) is 0.562. The number of methoxy groups -OCH3 is 1. The largest absolute Gasteiger partial charge is 0.497 e. The van der Waals surface area contributed by atoms with E-state index in [9.17, 15) is 4.79 Å². The Morgan fingerprint density at radius 2 is 2.05 bits per heavy atom. The molecule has 4 nitrogen and oxygen atoms in total. The third kappa shape index (κ3) is 2.80. The minimum atomic E-state index is 0.250. The molecular formula is C16H22N2O2. The number of fused-ring (bicyclic) bond motifs is 1. The summed E-state index contributed by atoms with van der Waals surface area (Å²) in [6, 6.07) is 7.77. The van der Waals surface area contributed by atoms with E-state index in [1.165, 1.54) is 0 Å². The highest BCUT2D eigenvalue weighted by Gasteiger charge is 2.34. The highest BCUT2D eigenvalue weighted by Crippen LogP contribution is 2.26. The molecule has 1 aromatic rings. The number of carbonyl (C=O) groups excluding carboxylic acids is 1. The Morgan fingerprint density at radius 3 is 2.80 bits per heavy atom. The van der Waals surface area contributed by atoms with Crippen LogP contribution in [0.2, 0.25) is 0 Å². The van der Waals surface area contributed by atoms with Gasteiger partial charge in [-0.15, -0.1) is 0 Å². The summed E-state index contributed by atoms with van der Waals surface area (Å²) in [5.74, 6) is 2.52. The Balaban J connectivity index is 1.58. The van der Waals surface area contributed by atoms with Gasteiger partial charge in [0.15, 0.2) is 0 Å². The summed E-state index contributed by atoms with van der Waals surface area (Å²) >= 11 is 0. The van der Waals surface area contributed by atoms with E-state index in [0.717, 1.165) is 49.8 Å². The van der Waals surface area contributed by atoms with Gasteiger partial charge in [-0.1, -0.05) is 12.1 Å². The molecule has 0 aliphatic carbocycles. The highest BCUT2D eigenvalue weighted by molar-refractivity contribution is 5.79.